The second-order valence-electron chi connectivity index (χ2n) is 13.9. The van der Waals surface area contributed by atoms with Crippen LogP contribution in [0.3, 0.4) is 0 Å². The summed E-state index contributed by atoms with van der Waals surface area (Å²) in [5.41, 5.74) is 9.39. The van der Waals surface area contributed by atoms with E-state index >= 15 is 4.39 Å². The molecule has 0 aliphatic carbocycles. The lowest BCUT2D eigenvalue weighted by Gasteiger charge is -2.24. The number of phenols is 1. The van der Waals surface area contributed by atoms with Crippen molar-refractivity contribution >= 4 is 32.6 Å². The van der Waals surface area contributed by atoms with E-state index in [-0.39, 0.29) is 17.6 Å². The smallest absolute Gasteiger partial charge is 0.148 e. The molecule has 0 unspecified atom stereocenters. The number of halogens is 1. The molecule has 7 aromatic carbocycles. The predicted octanol–water partition coefficient (Wildman–Crippen LogP) is 12.7. The third-order valence-corrected chi connectivity index (χ3v) is 10.0. The zero-order valence-corrected chi connectivity index (χ0v) is 29.0. The summed E-state index contributed by atoms with van der Waals surface area (Å²) >= 11 is 0. The fourth-order valence-corrected chi connectivity index (χ4v) is 7.47. The van der Waals surface area contributed by atoms with Crippen LogP contribution in [-0.2, 0) is 0 Å². The van der Waals surface area contributed by atoms with Gasteiger partial charge in [-0.25, -0.2) is 9.37 Å². The summed E-state index contributed by atoms with van der Waals surface area (Å²) in [7, 11) is 0. The Labute approximate surface area is 292 Å². The van der Waals surface area contributed by atoms with E-state index in [1.165, 1.54) is 11.1 Å². The van der Waals surface area contributed by atoms with Crippen molar-refractivity contribution in [2.24, 2.45) is 0 Å². The Morgan fingerprint density at radius 3 is 2.02 bits per heavy atom. The summed E-state index contributed by atoms with van der Waals surface area (Å²) in [6.45, 7) is 10.8. The predicted molar refractivity (Wildman–Crippen MR) is 207 cm³/mol. The number of phenolic OH excluding ortho intramolecular Hbond substituents is 1. The highest BCUT2D eigenvalue weighted by molar-refractivity contribution is 6.09. The highest BCUT2D eigenvalue weighted by atomic mass is 19.1. The molecule has 0 atom stereocenters. The lowest BCUT2D eigenvalue weighted by molar-refractivity contribution is 0.477. The van der Waals surface area contributed by atoms with Crippen LogP contribution < -0.4 is 0 Å². The summed E-state index contributed by atoms with van der Waals surface area (Å²) in [6.07, 6.45) is 0. The quantitative estimate of drug-likeness (QED) is 0.181. The van der Waals surface area contributed by atoms with Crippen molar-refractivity contribution in [3.05, 3.63) is 150 Å². The third kappa shape index (κ3) is 5.14. The van der Waals surface area contributed by atoms with Gasteiger partial charge in [-0.05, 0) is 111 Å². The number of rotatable bonds is 6. The minimum absolute atomic E-state index is 0.0437. The second-order valence-corrected chi connectivity index (χ2v) is 13.9. The fraction of sp³-hybridized carbons (Fsp3) is 0.152. The minimum Gasteiger partial charge on any atom is -0.507 e. The van der Waals surface area contributed by atoms with Crippen molar-refractivity contribution in [3.8, 4) is 45.1 Å². The van der Waals surface area contributed by atoms with E-state index in [1.54, 1.807) is 6.07 Å². The summed E-state index contributed by atoms with van der Waals surface area (Å²) in [4.78, 5) is 5.13. The van der Waals surface area contributed by atoms with Crippen LogP contribution >= 0.6 is 0 Å². The van der Waals surface area contributed by atoms with E-state index in [0.29, 0.717) is 22.5 Å². The highest BCUT2D eigenvalue weighted by Gasteiger charge is 2.26. The van der Waals surface area contributed by atoms with Gasteiger partial charge in [0.1, 0.15) is 17.4 Å². The number of aromatic hydroxyl groups is 1. The average Bonchev–Trinajstić information content (AvgIpc) is 3.50. The van der Waals surface area contributed by atoms with Crippen LogP contribution in [0, 0.1) is 12.7 Å². The largest absolute Gasteiger partial charge is 0.507 e. The monoisotopic (exact) mass is 654 g/mol. The molecule has 8 aromatic rings. The second kappa shape index (κ2) is 12.3. The van der Waals surface area contributed by atoms with Crippen LogP contribution in [0.25, 0.3) is 71.9 Å². The molecule has 8 rings (SSSR count). The zero-order chi connectivity index (χ0) is 34.7. The number of aryl methyl sites for hydroxylation is 1. The molecule has 3 nitrogen and oxygen atoms in total. The molecule has 0 aliphatic rings. The first-order valence-electron chi connectivity index (χ1n) is 17.4. The molecule has 0 radical (unpaired) electrons. The highest BCUT2D eigenvalue weighted by Crippen LogP contribution is 2.44. The standard InChI is InChI=1S/C46H39FN2O/c1-27(2)36-24-33(30-13-7-6-8-14-30)25-37(28(3)4)45(36)49-41-18-12-11-17-40(41)48-46(49)35-22-19-29(5)43(44(35)47)39-23-32-21-20-31-15-9-10-16-34(31)38(32)26-42(39)50/h6-28,50H,1-5H3. The topological polar surface area (TPSA) is 38.0 Å². The normalized spacial score (nSPS) is 11.8. The number of fused-ring (bicyclic) bond motifs is 4. The Kier molecular flexibility index (Phi) is 7.75. The van der Waals surface area contributed by atoms with Crippen molar-refractivity contribution in [1.29, 1.82) is 0 Å². The molecule has 0 spiro atoms. The molecule has 0 fully saturated rings. The van der Waals surface area contributed by atoms with Gasteiger partial charge in [-0.15, -0.1) is 0 Å². The van der Waals surface area contributed by atoms with Crippen LogP contribution in [-0.4, -0.2) is 14.7 Å². The molecule has 0 aliphatic heterocycles. The Balaban J connectivity index is 1.40. The molecular weight excluding hydrogens is 616 g/mol. The number of hydrogen-bond acceptors (Lipinski definition) is 2. The van der Waals surface area contributed by atoms with Gasteiger partial charge in [-0.1, -0.05) is 113 Å². The molecule has 1 heterocycles. The lowest BCUT2D eigenvalue weighted by atomic mass is 9.88. The van der Waals surface area contributed by atoms with Crippen LogP contribution in [0.5, 0.6) is 5.75 Å². The van der Waals surface area contributed by atoms with E-state index in [1.807, 2.05) is 67.6 Å². The summed E-state index contributed by atoms with van der Waals surface area (Å²) in [5, 5.41) is 15.5. The number of hydrogen-bond donors (Lipinski definition) is 1. The fourth-order valence-electron chi connectivity index (χ4n) is 7.47. The van der Waals surface area contributed by atoms with Crippen LogP contribution in [0.4, 0.5) is 4.39 Å². The molecule has 0 amide bonds. The van der Waals surface area contributed by atoms with Gasteiger partial charge in [0.05, 0.1) is 22.3 Å². The molecule has 0 saturated carbocycles. The van der Waals surface area contributed by atoms with E-state index in [4.69, 9.17) is 4.98 Å². The van der Waals surface area contributed by atoms with Gasteiger partial charge >= 0.3 is 0 Å². The van der Waals surface area contributed by atoms with Crippen molar-refractivity contribution < 1.29 is 9.50 Å². The SMILES string of the molecule is Cc1ccc(-c2nc3ccccc3n2-c2c(C(C)C)cc(-c3ccccc3)cc2C(C)C)c(F)c1-c1cc2ccc3ccccc3c2cc1O. The molecule has 1 N–H and O–H groups in total. The van der Waals surface area contributed by atoms with Crippen LogP contribution in [0.1, 0.15) is 56.2 Å². The van der Waals surface area contributed by atoms with Gasteiger partial charge in [-0.2, -0.15) is 0 Å². The maximum absolute atomic E-state index is 17.4. The molecule has 0 saturated heterocycles. The summed E-state index contributed by atoms with van der Waals surface area (Å²) in [6, 6.07) is 42.8. The zero-order valence-electron chi connectivity index (χ0n) is 29.0. The van der Waals surface area contributed by atoms with E-state index in [0.717, 1.165) is 55.0 Å². The first-order chi connectivity index (χ1) is 24.2. The Bertz CT molecular complexity index is 2550. The van der Waals surface area contributed by atoms with Crippen LogP contribution in [0.2, 0.25) is 0 Å². The Morgan fingerprint density at radius 2 is 1.28 bits per heavy atom. The molecule has 246 valence electrons. The van der Waals surface area contributed by atoms with Gasteiger partial charge in [0.25, 0.3) is 0 Å². The maximum atomic E-state index is 17.4. The first kappa shape index (κ1) is 31.5. The van der Waals surface area contributed by atoms with E-state index in [2.05, 4.69) is 92.9 Å². The molecule has 0 bridgehead atoms. The number of nitrogens with zero attached hydrogens (tertiary/aromatic N) is 2. The molecule has 1 aromatic heterocycles. The Hall–Kier alpha value is -5.74. The van der Waals surface area contributed by atoms with Crippen molar-refractivity contribution in [2.75, 3.05) is 0 Å². The van der Waals surface area contributed by atoms with E-state index < -0.39 is 5.82 Å². The van der Waals surface area contributed by atoms with Gasteiger partial charge in [0, 0.05) is 11.1 Å². The molecular formula is C46H39FN2O. The summed E-state index contributed by atoms with van der Waals surface area (Å²) in [5.74, 6) is 0.540. The van der Waals surface area contributed by atoms with Crippen molar-refractivity contribution in [2.45, 2.75) is 46.5 Å². The van der Waals surface area contributed by atoms with Crippen LogP contribution in [0.15, 0.2) is 127 Å². The van der Waals surface area contributed by atoms with E-state index in [9.17, 15) is 5.11 Å². The lowest BCUT2D eigenvalue weighted by Crippen LogP contribution is -2.10. The van der Waals surface area contributed by atoms with Gasteiger partial charge in [0.15, 0.2) is 0 Å². The third-order valence-electron chi connectivity index (χ3n) is 10.0. The van der Waals surface area contributed by atoms with Crippen molar-refractivity contribution in [3.63, 3.8) is 0 Å². The maximum Gasteiger partial charge on any atom is 0.148 e. The number of para-hydroxylation sites is 2. The first-order valence-corrected chi connectivity index (χ1v) is 17.4. The van der Waals surface area contributed by atoms with Gasteiger partial charge < -0.3 is 5.11 Å². The summed E-state index contributed by atoms with van der Waals surface area (Å²) < 4.78 is 19.6. The van der Waals surface area contributed by atoms with Crippen molar-refractivity contribution in [1.82, 2.24) is 9.55 Å². The minimum atomic E-state index is -0.407. The number of benzene rings is 7. The molecule has 4 heteroatoms. The average molecular weight is 655 g/mol. The molecule has 50 heavy (non-hydrogen) atoms. The van der Waals surface area contributed by atoms with Gasteiger partial charge in [-0.3, -0.25) is 4.57 Å². The van der Waals surface area contributed by atoms with Gasteiger partial charge in [0.2, 0.25) is 0 Å². The number of aromatic nitrogens is 2. The number of imidazole rings is 1. The Morgan fingerprint density at radius 1 is 0.620 bits per heavy atom.